The summed E-state index contributed by atoms with van der Waals surface area (Å²) in [5.74, 6) is 0.296. The fourth-order valence-corrected chi connectivity index (χ4v) is 3.97. The summed E-state index contributed by atoms with van der Waals surface area (Å²) in [5, 5.41) is 19.0. The molecule has 4 N–H and O–H groups in total. The highest BCUT2D eigenvalue weighted by Gasteiger charge is 2.33. The lowest BCUT2D eigenvalue weighted by atomic mass is 9.74. The van der Waals surface area contributed by atoms with Crippen molar-refractivity contribution < 1.29 is 10.2 Å². The standard InChI is InChI=1S/C23H41NO2/c1-2-3-4-5-6-7-8-12-15-22(20-21-13-10-9-11-14-21)23(24,16-18-25)17-19-26/h9-11,13-14,22,25-26H,2-8,12,15-20,24H2,1H3. The Morgan fingerprint density at radius 2 is 1.38 bits per heavy atom. The number of nitrogens with two attached hydrogens (primary N) is 1. The highest BCUT2D eigenvalue weighted by molar-refractivity contribution is 5.16. The van der Waals surface area contributed by atoms with Gasteiger partial charge in [0.05, 0.1) is 0 Å². The maximum Gasteiger partial charge on any atom is 0.0448 e. The Labute approximate surface area is 161 Å². The molecule has 0 aliphatic carbocycles. The van der Waals surface area contributed by atoms with Crippen molar-refractivity contribution in [3.05, 3.63) is 35.9 Å². The fourth-order valence-electron chi connectivity index (χ4n) is 3.97. The average Bonchev–Trinajstić information content (AvgIpc) is 2.64. The molecular weight excluding hydrogens is 322 g/mol. The van der Waals surface area contributed by atoms with Crippen LogP contribution in [0.1, 0.15) is 83.1 Å². The van der Waals surface area contributed by atoms with Crippen LogP contribution < -0.4 is 5.73 Å². The molecule has 0 spiro atoms. The quantitative estimate of drug-likeness (QED) is 0.368. The molecule has 1 atom stereocenters. The lowest BCUT2D eigenvalue weighted by Gasteiger charge is -2.37. The zero-order chi connectivity index (χ0) is 19.1. The molecule has 3 heteroatoms. The van der Waals surface area contributed by atoms with Gasteiger partial charge in [-0.15, -0.1) is 0 Å². The molecule has 0 bridgehead atoms. The molecule has 1 aromatic rings. The second-order valence-corrected chi connectivity index (χ2v) is 7.83. The summed E-state index contributed by atoms with van der Waals surface area (Å²) in [5.41, 5.74) is 7.50. The predicted molar refractivity (Wildman–Crippen MR) is 111 cm³/mol. The van der Waals surface area contributed by atoms with Crippen molar-refractivity contribution in [2.45, 2.75) is 89.5 Å². The van der Waals surface area contributed by atoms with Crippen LogP contribution in [0.25, 0.3) is 0 Å². The van der Waals surface area contributed by atoms with Crippen LogP contribution >= 0.6 is 0 Å². The van der Waals surface area contributed by atoms with Gasteiger partial charge in [-0.05, 0) is 37.2 Å². The monoisotopic (exact) mass is 363 g/mol. The third-order valence-corrected chi connectivity index (χ3v) is 5.70. The van der Waals surface area contributed by atoms with Gasteiger partial charge < -0.3 is 15.9 Å². The Kier molecular flexibility index (Phi) is 12.6. The second-order valence-electron chi connectivity index (χ2n) is 7.83. The number of benzene rings is 1. The summed E-state index contributed by atoms with van der Waals surface area (Å²) in [7, 11) is 0. The molecule has 0 aromatic heterocycles. The summed E-state index contributed by atoms with van der Waals surface area (Å²) in [6.45, 7) is 2.42. The number of unbranched alkanes of at least 4 members (excludes halogenated alkanes) is 7. The zero-order valence-corrected chi connectivity index (χ0v) is 16.8. The number of rotatable bonds is 16. The SMILES string of the molecule is CCCCCCCCCCC(Cc1ccccc1)C(N)(CCO)CCO. The van der Waals surface area contributed by atoms with Gasteiger partial charge in [0.15, 0.2) is 0 Å². The normalized spacial score (nSPS) is 13.1. The van der Waals surface area contributed by atoms with Crippen LogP contribution in [-0.4, -0.2) is 29.0 Å². The maximum atomic E-state index is 9.49. The van der Waals surface area contributed by atoms with E-state index in [2.05, 4.69) is 31.2 Å². The molecule has 0 saturated carbocycles. The Morgan fingerprint density at radius 3 is 1.92 bits per heavy atom. The minimum atomic E-state index is -0.486. The van der Waals surface area contributed by atoms with E-state index in [0.717, 1.165) is 12.8 Å². The number of hydrogen-bond acceptors (Lipinski definition) is 3. The lowest BCUT2D eigenvalue weighted by molar-refractivity contribution is 0.137. The molecule has 3 nitrogen and oxygen atoms in total. The Bertz CT molecular complexity index is 429. The van der Waals surface area contributed by atoms with Crippen LogP contribution in [0.2, 0.25) is 0 Å². The van der Waals surface area contributed by atoms with Crippen molar-refractivity contribution in [3.8, 4) is 0 Å². The molecule has 0 aliphatic rings. The van der Waals surface area contributed by atoms with Crippen molar-refractivity contribution in [3.63, 3.8) is 0 Å². The molecule has 0 heterocycles. The molecule has 0 fully saturated rings. The fraction of sp³-hybridized carbons (Fsp3) is 0.739. The van der Waals surface area contributed by atoms with Crippen LogP contribution in [0.15, 0.2) is 30.3 Å². The second kappa shape index (κ2) is 14.2. The van der Waals surface area contributed by atoms with E-state index in [9.17, 15) is 10.2 Å². The van der Waals surface area contributed by atoms with E-state index in [4.69, 9.17) is 5.73 Å². The van der Waals surface area contributed by atoms with Crippen LogP contribution in [0.4, 0.5) is 0 Å². The maximum absolute atomic E-state index is 9.49. The smallest absolute Gasteiger partial charge is 0.0448 e. The Balaban J connectivity index is 2.54. The van der Waals surface area contributed by atoms with Crippen molar-refractivity contribution in [2.24, 2.45) is 11.7 Å². The summed E-state index contributed by atoms with van der Waals surface area (Å²) < 4.78 is 0. The van der Waals surface area contributed by atoms with Crippen molar-refractivity contribution in [2.75, 3.05) is 13.2 Å². The first-order valence-corrected chi connectivity index (χ1v) is 10.7. The molecular formula is C23H41NO2. The molecule has 1 aromatic carbocycles. The van der Waals surface area contributed by atoms with Gasteiger partial charge in [-0.25, -0.2) is 0 Å². The van der Waals surface area contributed by atoms with E-state index >= 15 is 0 Å². The molecule has 1 unspecified atom stereocenters. The Hall–Kier alpha value is -0.900. The first kappa shape index (κ1) is 23.1. The highest BCUT2D eigenvalue weighted by atomic mass is 16.3. The van der Waals surface area contributed by atoms with E-state index in [1.54, 1.807) is 0 Å². The molecule has 1 rings (SSSR count). The van der Waals surface area contributed by atoms with Gasteiger partial charge in [-0.1, -0.05) is 88.6 Å². The van der Waals surface area contributed by atoms with E-state index in [1.807, 2.05) is 6.07 Å². The van der Waals surface area contributed by atoms with Crippen molar-refractivity contribution in [1.82, 2.24) is 0 Å². The van der Waals surface area contributed by atoms with E-state index in [-0.39, 0.29) is 13.2 Å². The van der Waals surface area contributed by atoms with Crippen LogP contribution in [0.3, 0.4) is 0 Å². The van der Waals surface area contributed by atoms with E-state index < -0.39 is 5.54 Å². The van der Waals surface area contributed by atoms with Gasteiger partial charge in [0.2, 0.25) is 0 Å². The summed E-state index contributed by atoms with van der Waals surface area (Å²) >= 11 is 0. The molecule has 0 radical (unpaired) electrons. The predicted octanol–water partition coefficient (Wildman–Crippen LogP) is 4.84. The highest BCUT2D eigenvalue weighted by Crippen LogP contribution is 2.31. The molecule has 0 saturated heterocycles. The van der Waals surface area contributed by atoms with Gasteiger partial charge in [0.25, 0.3) is 0 Å². The number of aliphatic hydroxyl groups is 2. The average molecular weight is 364 g/mol. The summed E-state index contributed by atoms with van der Waals surface area (Å²) in [4.78, 5) is 0. The Morgan fingerprint density at radius 1 is 0.846 bits per heavy atom. The molecule has 0 aliphatic heterocycles. The van der Waals surface area contributed by atoms with E-state index in [0.29, 0.717) is 18.8 Å². The molecule has 26 heavy (non-hydrogen) atoms. The topological polar surface area (TPSA) is 66.5 Å². The van der Waals surface area contributed by atoms with Gasteiger partial charge >= 0.3 is 0 Å². The van der Waals surface area contributed by atoms with Gasteiger partial charge in [-0.2, -0.15) is 0 Å². The number of hydrogen-bond donors (Lipinski definition) is 3. The zero-order valence-electron chi connectivity index (χ0n) is 16.8. The van der Waals surface area contributed by atoms with E-state index in [1.165, 1.54) is 56.9 Å². The van der Waals surface area contributed by atoms with Crippen LogP contribution in [0.5, 0.6) is 0 Å². The molecule has 150 valence electrons. The largest absolute Gasteiger partial charge is 0.396 e. The number of aliphatic hydroxyl groups excluding tert-OH is 2. The van der Waals surface area contributed by atoms with Crippen molar-refractivity contribution >= 4 is 0 Å². The first-order chi connectivity index (χ1) is 12.7. The summed E-state index contributed by atoms with van der Waals surface area (Å²) in [6.07, 6.45) is 13.6. The van der Waals surface area contributed by atoms with Crippen molar-refractivity contribution in [1.29, 1.82) is 0 Å². The molecule has 0 amide bonds. The van der Waals surface area contributed by atoms with Crippen LogP contribution in [0, 0.1) is 5.92 Å². The minimum Gasteiger partial charge on any atom is -0.396 e. The van der Waals surface area contributed by atoms with Crippen LogP contribution in [-0.2, 0) is 6.42 Å². The van der Waals surface area contributed by atoms with Gasteiger partial charge in [-0.3, -0.25) is 0 Å². The first-order valence-electron chi connectivity index (χ1n) is 10.7. The minimum absolute atomic E-state index is 0.0826. The summed E-state index contributed by atoms with van der Waals surface area (Å²) in [6, 6.07) is 10.5. The lowest BCUT2D eigenvalue weighted by Crippen LogP contribution is -2.49. The van der Waals surface area contributed by atoms with Gasteiger partial charge in [0.1, 0.15) is 0 Å². The van der Waals surface area contributed by atoms with Gasteiger partial charge in [0, 0.05) is 18.8 Å². The third-order valence-electron chi connectivity index (χ3n) is 5.70. The third kappa shape index (κ3) is 9.16.